The number of hydrogen-bond donors (Lipinski definition) is 0. The molecule has 140 valence electrons. The van der Waals surface area contributed by atoms with Crippen LogP contribution in [0.5, 0.6) is 11.5 Å². The summed E-state index contributed by atoms with van der Waals surface area (Å²) in [6.07, 6.45) is 1.70. The molecule has 1 amide bonds. The zero-order valence-corrected chi connectivity index (χ0v) is 15.5. The highest BCUT2D eigenvalue weighted by Crippen LogP contribution is 2.45. The van der Waals surface area contributed by atoms with Crippen LogP contribution in [-0.4, -0.2) is 30.8 Å². The quantitative estimate of drug-likeness (QED) is 0.830. The van der Waals surface area contributed by atoms with Gasteiger partial charge in [0.1, 0.15) is 5.82 Å². The van der Waals surface area contributed by atoms with Gasteiger partial charge in [-0.2, -0.15) is 5.10 Å². The number of carbonyl (C=O) groups excluding carboxylic acids is 1. The summed E-state index contributed by atoms with van der Waals surface area (Å²) < 4.78 is 24.2. The Balaban J connectivity index is 1.81. The average molecular weight is 368 g/mol. The van der Waals surface area contributed by atoms with Crippen LogP contribution in [0.3, 0.4) is 0 Å². The number of methoxy groups -OCH3 is 2. The van der Waals surface area contributed by atoms with Crippen LogP contribution in [0.4, 0.5) is 4.39 Å². The highest BCUT2D eigenvalue weighted by Gasteiger charge is 2.43. The van der Waals surface area contributed by atoms with E-state index in [1.54, 1.807) is 26.4 Å². The van der Waals surface area contributed by atoms with Crippen molar-refractivity contribution in [2.75, 3.05) is 14.2 Å². The first kappa shape index (κ1) is 17.5. The van der Waals surface area contributed by atoms with Crippen molar-refractivity contribution < 1.29 is 18.7 Å². The first-order valence-electron chi connectivity index (χ1n) is 8.92. The van der Waals surface area contributed by atoms with E-state index in [4.69, 9.17) is 9.47 Å². The Morgan fingerprint density at radius 2 is 1.81 bits per heavy atom. The SMILES string of the molecule is COc1cc2c(cc1OC)C1=NN(C(C)=O)[C@@H](c3ccc(F)cc3)[C@H]1CC2. The van der Waals surface area contributed by atoms with Gasteiger partial charge in [0.05, 0.1) is 26.0 Å². The molecule has 0 spiro atoms. The van der Waals surface area contributed by atoms with Crippen molar-refractivity contribution in [1.82, 2.24) is 5.01 Å². The number of ether oxygens (including phenoxy) is 2. The van der Waals surface area contributed by atoms with E-state index < -0.39 is 0 Å². The Morgan fingerprint density at radius 3 is 2.44 bits per heavy atom. The van der Waals surface area contributed by atoms with Crippen molar-refractivity contribution in [3.63, 3.8) is 0 Å². The van der Waals surface area contributed by atoms with E-state index in [2.05, 4.69) is 5.10 Å². The molecule has 0 saturated heterocycles. The largest absolute Gasteiger partial charge is 0.493 e. The molecular formula is C21H21FN2O3. The van der Waals surface area contributed by atoms with Crippen LogP contribution in [0.25, 0.3) is 0 Å². The number of fused-ring (bicyclic) bond motifs is 3. The maximum absolute atomic E-state index is 13.4. The summed E-state index contributed by atoms with van der Waals surface area (Å²) in [6.45, 7) is 1.51. The predicted molar refractivity (Wildman–Crippen MR) is 99.6 cm³/mol. The molecule has 6 heteroatoms. The number of nitrogens with zero attached hydrogens (tertiary/aromatic N) is 2. The number of hydrogen-bond acceptors (Lipinski definition) is 4. The van der Waals surface area contributed by atoms with Gasteiger partial charge in [0, 0.05) is 18.4 Å². The topological polar surface area (TPSA) is 51.1 Å². The van der Waals surface area contributed by atoms with Gasteiger partial charge in [-0.05, 0) is 48.2 Å². The maximum Gasteiger partial charge on any atom is 0.240 e. The van der Waals surface area contributed by atoms with Crippen LogP contribution in [0.2, 0.25) is 0 Å². The van der Waals surface area contributed by atoms with Gasteiger partial charge in [-0.25, -0.2) is 9.40 Å². The minimum Gasteiger partial charge on any atom is -0.493 e. The summed E-state index contributed by atoms with van der Waals surface area (Å²) >= 11 is 0. The third-order valence-electron chi connectivity index (χ3n) is 5.36. The lowest BCUT2D eigenvalue weighted by Gasteiger charge is -2.29. The molecule has 5 nitrogen and oxygen atoms in total. The van der Waals surface area contributed by atoms with Crippen molar-refractivity contribution in [3.05, 3.63) is 58.9 Å². The summed E-state index contributed by atoms with van der Waals surface area (Å²) in [4.78, 5) is 12.3. The van der Waals surface area contributed by atoms with Crippen LogP contribution < -0.4 is 9.47 Å². The average Bonchev–Trinajstić information content (AvgIpc) is 3.07. The number of aryl methyl sites for hydroxylation is 1. The maximum atomic E-state index is 13.4. The van der Waals surface area contributed by atoms with E-state index in [9.17, 15) is 9.18 Å². The summed E-state index contributed by atoms with van der Waals surface area (Å²) in [5.41, 5.74) is 3.88. The molecule has 27 heavy (non-hydrogen) atoms. The van der Waals surface area contributed by atoms with Gasteiger partial charge in [-0.3, -0.25) is 4.79 Å². The monoisotopic (exact) mass is 368 g/mol. The van der Waals surface area contributed by atoms with Gasteiger partial charge >= 0.3 is 0 Å². The molecule has 1 aliphatic heterocycles. The Morgan fingerprint density at radius 1 is 1.15 bits per heavy atom. The number of amides is 1. The van der Waals surface area contributed by atoms with Gasteiger partial charge in [0.2, 0.25) is 5.91 Å². The Kier molecular flexibility index (Phi) is 4.34. The third-order valence-corrected chi connectivity index (χ3v) is 5.36. The fourth-order valence-corrected chi connectivity index (χ4v) is 4.10. The molecule has 4 rings (SSSR count). The van der Waals surface area contributed by atoms with Gasteiger partial charge < -0.3 is 9.47 Å². The molecule has 2 aromatic carbocycles. The van der Waals surface area contributed by atoms with Crippen molar-refractivity contribution in [3.8, 4) is 11.5 Å². The number of halogens is 1. The first-order chi connectivity index (χ1) is 13.0. The van der Waals surface area contributed by atoms with E-state index in [-0.39, 0.29) is 23.7 Å². The molecule has 1 aliphatic carbocycles. The zero-order valence-electron chi connectivity index (χ0n) is 15.5. The van der Waals surface area contributed by atoms with Gasteiger partial charge in [0.15, 0.2) is 11.5 Å². The van der Waals surface area contributed by atoms with Crippen LogP contribution in [0, 0.1) is 11.7 Å². The second-order valence-electron chi connectivity index (χ2n) is 6.85. The molecule has 0 bridgehead atoms. The zero-order chi connectivity index (χ0) is 19.1. The number of rotatable bonds is 3. The normalized spacial score (nSPS) is 20.6. The van der Waals surface area contributed by atoms with Crippen molar-refractivity contribution in [1.29, 1.82) is 0 Å². The third kappa shape index (κ3) is 2.85. The van der Waals surface area contributed by atoms with E-state index in [0.717, 1.165) is 35.2 Å². The second kappa shape index (κ2) is 6.68. The molecule has 2 atom stereocenters. The molecule has 0 unspecified atom stereocenters. The van der Waals surface area contributed by atoms with Gasteiger partial charge in [0.25, 0.3) is 0 Å². The Labute approximate surface area is 157 Å². The van der Waals surface area contributed by atoms with Gasteiger partial charge in [-0.1, -0.05) is 12.1 Å². The molecular weight excluding hydrogens is 347 g/mol. The summed E-state index contributed by atoms with van der Waals surface area (Å²) in [5, 5.41) is 6.20. The predicted octanol–water partition coefficient (Wildman–Crippen LogP) is 3.71. The Bertz CT molecular complexity index is 924. The fourth-order valence-electron chi connectivity index (χ4n) is 4.10. The number of carbonyl (C=O) groups is 1. The smallest absolute Gasteiger partial charge is 0.240 e. The Hall–Kier alpha value is -2.89. The minimum atomic E-state index is -0.293. The van der Waals surface area contributed by atoms with Gasteiger partial charge in [-0.15, -0.1) is 0 Å². The molecule has 2 aliphatic rings. The standard InChI is InChI=1S/C21H21FN2O3/c1-12(25)24-21(13-4-7-15(22)8-5-13)16-9-6-14-10-18(26-2)19(27-3)11-17(14)20(16)23-24/h4-5,7-8,10-11,16,21H,6,9H2,1-3H3/t16-,21-/m0/s1. The summed E-state index contributed by atoms with van der Waals surface area (Å²) in [6, 6.07) is 10.0. The van der Waals surface area contributed by atoms with Crippen molar-refractivity contribution in [2.24, 2.45) is 11.0 Å². The van der Waals surface area contributed by atoms with E-state index >= 15 is 0 Å². The molecule has 1 heterocycles. The molecule has 2 aromatic rings. The molecule has 0 aromatic heterocycles. The molecule has 0 N–H and O–H groups in total. The number of hydrazone groups is 1. The number of benzene rings is 2. The van der Waals surface area contributed by atoms with Crippen molar-refractivity contribution >= 4 is 11.6 Å². The van der Waals surface area contributed by atoms with Crippen molar-refractivity contribution in [2.45, 2.75) is 25.8 Å². The highest BCUT2D eigenvalue weighted by molar-refractivity contribution is 6.07. The minimum absolute atomic E-state index is 0.0602. The van der Waals surface area contributed by atoms with Crippen LogP contribution in [0.15, 0.2) is 41.5 Å². The van der Waals surface area contributed by atoms with E-state index in [1.807, 2.05) is 12.1 Å². The summed E-state index contributed by atoms with van der Waals surface area (Å²) in [7, 11) is 3.22. The van der Waals surface area contributed by atoms with Crippen LogP contribution in [-0.2, 0) is 11.2 Å². The summed E-state index contributed by atoms with van der Waals surface area (Å²) in [5.74, 6) is 0.960. The molecule has 0 radical (unpaired) electrons. The lowest BCUT2D eigenvalue weighted by atomic mass is 9.77. The molecule has 0 saturated carbocycles. The first-order valence-corrected chi connectivity index (χ1v) is 8.92. The van der Waals surface area contributed by atoms with E-state index in [0.29, 0.717) is 11.5 Å². The highest BCUT2D eigenvalue weighted by atomic mass is 19.1. The second-order valence-corrected chi connectivity index (χ2v) is 6.85. The van der Waals surface area contributed by atoms with Crippen LogP contribution in [0.1, 0.15) is 36.1 Å². The van der Waals surface area contributed by atoms with Crippen LogP contribution >= 0.6 is 0 Å². The van der Waals surface area contributed by atoms with E-state index in [1.165, 1.54) is 24.1 Å². The lowest BCUT2D eigenvalue weighted by Crippen LogP contribution is -2.31. The fraction of sp³-hybridized carbons (Fsp3) is 0.333. The molecule has 0 fully saturated rings. The lowest BCUT2D eigenvalue weighted by molar-refractivity contribution is -0.131.